The summed E-state index contributed by atoms with van der Waals surface area (Å²) in [6.07, 6.45) is 10.5. The van der Waals surface area contributed by atoms with Crippen LogP contribution in [0.3, 0.4) is 0 Å². The van der Waals surface area contributed by atoms with Crippen molar-refractivity contribution in [2.45, 2.75) is 71.8 Å². The largest absolute Gasteiger partial charge is 0.504 e. The molecular formula is C20H36O4. The summed E-state index contributed by atoms with van der Waals surface area (Å²) < 4.78 is 10.4. The molecule has 0 amide bonds. The fourth-order valence-corrected chi connectivity index (χ4v) is 2.18. The summed E-state index contributed by atoms with van der Waals surface area (Å²) in [5, 5.41) is 17.8. The minimum Gasteiger partial charge on any atom is -0.504 e. The van der Waals surface area contributed by atoms with Crippen LogP contribution in [0.1, 0.15) is 70.8 Å². The van der Waals surface area contributed by atoms with Gasteiger partial charge in [-0.25, -0.2) is 0 Å². The summed E-state index contributed by atoms with van der Waals surface area (Å²) in [6, 6.07) is 4.72. The second kappa shape index (κ2) is 16.6. The van der Waals surface area contributed by atoms with Crippen molar-refractivity contribution in [1.29, 1.82) is 0 Å². The van der Waals surface area contributed by atoms with Crippen molar-refractivity contribution in [2.24, 2.45) is 0 Å². The Bertz CT molecular complexity index is 383. The Morgan fingerprint density at radius 1 is 0.875 bits per heavy atom. The molecule has 0 spiro atoms. The van der Waals surface area contributed by atoms with Gasteiger partial charge in [0.1, 0.15) is 0 Å². The van der Waals surface area contributed by atoms with Crippen LogP contribution in [0.2, 0.25) is 0 Å². The van der Waals surface area contributed by atoms with E-state index < -0.39 is 0 Å². The molecule has 0 aliphatic carbocycles. The Hall–Kier alpha value is -1.26. The molecule has 140 valence electrons. The minimum atomic E-state index is -0.0450. The van der Waals surface area contributed by atoms with Crippen LogP contribution in [0.25, 0.3) is 0 Å². The van der Waals surface area contributed by atoms with Crippen LogP contribution in [0.5, 0.6) is 11.5 Å². The van der Waals surface area contributed by atoms with E-state index in [-0.39, 0.29) is 12.4 Å². The van der Waals surface area contributed by atoms with Gasteiger partial charge in [-0.2, -0.15) is 0 Å². The smallest absolute Gasteiger partial charge is 0.160 e. The van der Waals surface area contributed by atoms with Crippen molar-refractivity contribution in [1.82, 2.24) is 0 Å². The lowest BCUT2D eigenvalue weighted by atomic mass is 10.2. The lowest BCUT2D eigenvalue weighted by Gasteiger charge is -2.03. The van der Waals surface area contributed by atoms with Crippen LogP contribution < -0.4 is 4.74 Å². The van der Waals surface area contributed by atoms with Gasteiger partial charge in [-0.05, 0) is 30.5 Å². The average Bonchev–Trinajstić information content (AvgIpc) is 2.61. The highest BCUT2D eigenvalue weighted by Crippen LogP contribution is 2.25. The number of unbranched alkanes of at least 4 members (excludes halogenated alkanes) is 6. The molecule has 0 heterocycles. The number of aliphatic hydroxyl groups excluding tert-OH is 1. The van der Waals surface area contributed by atoms with Crippen molar-refractivity contribution in [3.05, 3.63) is 23.8 Å². The molecule has 1 rings (SSSR count). The highest BCUT2D eigenvalue weighted by molar-refractivity contribution is 5.41. The molecule has 4 nitrogen and oxygen atoms in total. The standard InChI is InChI=1S/C12H26O.C8H10O3/c1-3-5-7-9-11-13-12-10-8-6-4-2;1-11-8-4-6(5-9)2-3-7(8)10/h3-12H2,1-2H3;2-4,9-10H,5H2,1H3. The summed E-state index contributed by atoms with van der Waals surface area (Å²) in [6.45, 7) is 6.39. The number of benzene rings is 1. The van der Waals surface area contributed by atoms with E-state index in [9.17, 15) is 0 Å². The molecule has 0 saturated heterocycles. The molecule has 0 bridgehead atoms. The number of ether oxygens (including phenoxy) is 2. The van der Waals surface area contributed by atoms with Crippen molar-refractivity contribution in [3.63, 3.8) is 0 Å². The van der Waals surface area contributed by atoms with E-state index in [4.69, 9.17) is 19.7 Å². The number of hydrogen-bond donors (Lipinski definition) is 2. The highest BCUT2D eigenvalue weighted by atomic mass is 16.5. The van der Waals surface area contributed by atoms with Gasteiger partial charge < -0.3 is 19.7 Å². The summed E-state index contributed by atoms with van der Waals surface area (Å²) >= 11 is 0. The first-order valence-electron chi connectivity index (χ1n) is 9.24. The third-order valence-corrected chi connectivity index (χ3v) is 3.71. The van der Waals surface area contributed by atoms with E-state index in [2.05, 4.69) is 13.8 Å². The molecule has 0 atom stereocenters. The first-order chi connectivity index (χ1) is 11.7. The number of aliphatic hydroxyl groups is 1. The first-order valence-corrected chi connectivity index (χ1v) is 9.24. The Morgan fingerprint density at radius 3 is 1.92 bits per heavy atom. The molecule has 2 N–H and O–H groups in total. The van der Waals surface area contributed by atoms with Crippen LogP contribution in [0.4, 0.5) is 0 Å². The van der Waals surface area contributed by atoms with Crippen molar-refractivity contribution in [2.75, 3.05) is 20.3 Å². The van der Waals surface area contributed by atoms with Gasteiger partial charge in [0.2, 0.25) is 0 Å². The van der Waals surface area contributed by atoms with Crippen LogP contribution in [-0.4, -0.2) is 30.5 Å². The second-order valence-electron chi connectivity index (χ2n) is 5.90. The number of rotatable bonds is 12. The maximum absolute atomic E-state index is 9.12. The monoisotopic (exact) mass is 340 g/mol. The zero-order chi connectivity index (χ0) is 18.0. The molecule has 1 aromatic rings. The molecule has 1 aromatic carbocycles. The van der Waals surface area contributed by atoms with E-state index >= 15 is 0 Å². The lowest BCUT2D eigenvalue weighted by molar-refractivity contribution is 0.126. The van der Waals surface area contributed by atoms with Gasteiger partial charge in [-0.15, -0.1) is 0 Å². The number of aromatic hydroxyl groups is 1. The molecule has 0 aromatic heterocycles. The quantitative estimate of drug-likeness (QED) is 0.522. The van der Waals surface area contributed by atoms with E-state index in [1.165, 1.54) is 64.5 Å². The summed E-state index contributed by atoms with van der Waals surface area (Å²) in [5.41, 5.74) is 0.722. The van der Waals surface area contributed by atoms with Gasteiger partial charge in [0.15, 0.2) is 11.5 Å². The van der Waals surface area contributed by atoms with Gasteiger partial charge in [0, 0.05) is 13.2 Å². The first kappa shape index (κ1) is 22.7. The van der Waals surface area contributed by atoms with Gasteiger partial charge in [-0.3, -0.25) is 0 Å². The average molecular weight is 341 g/mol. The highest BCUT2D eigenvalue weighted by Gasteiger charge is 2.00. The predicted molar refractivity (Wildman–Crippen MR) is 99.7 cm³/mol. The Labute approximate surface area is 147 Å². The molecular weight excluding hydrogens is 304 g/mol. The third kappa shape index (κ3) is 12.2. The zero-order valence-corrected chi connectivity index (χ0v) is 15.7. The Morgan fingerprint density at radius 2 is 1.46 bits per heavy atom. The predicted octanol–water partition coefficient (Wildman–Crippen LogP) is 5.06. The van der Waals surface area contributed by atoms with Crippen LogP contribution in [0.15, 0.2) is 18.2 Å². The molecule has 0 radical (unpaired) electrons. The number of phenols is 1. The molecule has 4 heteroatoms. The van der Waals surface area contributed by atoms with E-state index in [0.29, 0.717) is 5.75 Å². The lowest BCUT2D eigenvalue weighted by Crippen LogP contribution is -1.96. The topological polar surface area (TPSA) is 58.9 Å². The third-order valence-electron chi connectivity index (χ3n) is 3.71. The Balaban J connectivity index is 0.000000446. The van der Waals surface area contributed by atoms with Crippen molar-refractivity contribution < 1.29 is 19.7 Å². The minimum absolute atomic E-state index is 0.0450. The van der Waals surface area contributed by atoms with E-state index in [1.54, 1.807) is 12.1 Å². The Kier molecular flexibility index (Phi) is 15.7. The maximum Gasteiger partial charge on any atom is 0.160 e. The van der Waals surface area contributed by atoms with Crippen molar-refractivity contribution >= 4 is 0 Å². The number of phenolic OH excluding ortho intramolecular Hbond substituents is 1. The summed E-state index contributed by atoms with van der Waals surface area (Å²) in [5.74, 6) is 0.473. The van der Waals surface area contributed by atoms with Gasteiger partial charge in [-0.1, -0.05) is 58.4 Å². The van der Waals surface area contributed by atoms with Crippen molar-refractivity contribution in [3.8, 4) is 11.5 Å². The zero-order valence-electron chi connectivity index (χ0n) is 15.7. The van der Waals surface area contributed by atoms with Crippen LogP contribution in [-0.2, 0) is 11.3 Å². The number of methoxy groups -OCH3 is 1. The normalized spacial score (nSPS) is 10.2. The van der Waals surface area contributed by atoms with Gasteiger partial charge in [0.25, 0.3) is 0 Å². The second-order valence-corrected chi connectivity index (χ2v) is 5.90. The van der Waals surface area contributed by atoms with Gasteiger partial charge in [0.05, 0.1) is 13.7 Å². The molecule has 0 fully saturated rings. The SMILES string of the molecule is CCCCCCOCCCCCC.COc1cc(CO)ccc1O. The molecule has 0 saturated carbocycles. The van der Waals surface area contributed by atoms with E-state index in [0.717, 1.165) is 18.8 Å². The fourth-order valence-electron chi connectivity index (χ4n) is 2.18. The molecule has 0 unspecified atom stereocenters. The van der Waals surface area contributed by atoms with Crippen LogP contribution in [0, 0.1) is 0 Å². The summed E-state index contributed by atoms with van der Waals surface area (Å²) in [4.78, 5) is 0. The fraction of sp³-hybridized carbons (Fsp3) is 0.700. The van der Waals surface area contributed by atoms with Gasteiger partial charge >= 0.3 is 0 Å². The summed E-state index contributed by atoms with van der Waals surface area (Å²) in [7, 11) is 1.47. The molecule has 0 aliphatic heterocycles. The maximum atomic E-state index is 9.12. The number of hydrogen-bond acceptors (Lipinski definition) is 4. The molecule has 0 aliphatic rings. The van der Waals surface area contributed by atoms with E-state index in [1.807, 2.05) is 0 Å². The van der Waals surface area contributed by atoms with Crippen LogP contribution >= 0.6 is 0 Å². The molecule has 24 heavy (non-hydrogen) atoms.